The first-order valence-electron chi connectivity index (χ1n) is 7.68. The van der Waals surface area contributed by atoms with E-state index < -0.39 is 0 Å². The molecule has 100 valence electrons. The van der Waals surface area contributed by atoms with E-state index >= 15 is 0 Å². The van der Waals surface area contributed by atoms with E-state index in [9.17, 15) is 0 Å². The van der Waals surface area contributed by atoms with Gasteiger partial charge < -0.3 is 4.90 Å². The van der Waals surface area contributed by atoms with Gasteiger partial charge in [0.15, 0.2) is 0 Å². The Bertz CT molecular complexity index is 187. The van der Waals surface area contributed by atoms with Crippen LogP contribution in [-0.4, -0.2) is 36.6 Å². The van der Waals surface area contributed by atoms with Gasteiger partial charge in [0, 0.05) is 6.29 Å². The maximum Gasteiger partial charge on any atom is 0.0182 e. The topological polar surface area (TPSA) is 3.24 Å². The van der Waals surface area contributed by atoms with Gasteiger partial charge in [-0.1, -0.05) is 46.4 Å². The van der Waals surface area contributed by atoms with E-state index in [1.54, 1.807) is 25.7 Å². The predicted molar refractivity (Wildman–Crippen MR) is 79.2 cm³/mol. The molecule has 0 heterocycles. The molecule has 2 aliphatic rings. The van der Waals surface area contributed by atoms with Crippen LogP contribution in [0.5, 0.6) is 0 Å². The Morgan fingerprint density at radius 2 is 1.18 bits per heavy atom. The van der Waals surface area contributed by atoms with Gasteiger partial charge in [0.2, 0.25) is 0 Å². The Balaban J connectivity index is 1.95. The molecule has 1 nitrogen and oxygen atoms in total. The molecule has 2 rings (SSSR count). The van der Waals surface area contributed by atoms with Gasteiger partial charge in [-0.3, -0.25) is 0 Å². The van der Waals surface area contributed by atoms with E-state index in [0.29, 0.717) is 0 Å². The normalized spacial score (nSPS) is 24.7. The van der Waals surface area contributed by atoms with Crippen LogP contribution in [0.4, 0.5) is 0 Å². The highest BCUT2D eigenvalue weighted by Crippen LogP contribution is 2.55. The molecule has 0 bridgehead atoms. The van der Waals surface area contributed by atoms with Crippen molar-refractivity contribution in [2.45, 2.75) is 75.5 Å². The zero-order chi connectivity index (χ0) is 12.1. The number of nitrogens with zero attached hydrogens (tertiary/aromatic N) is 1. The van der Waals surface area contributed by atoms with Crippen molar-refractivity contribution in [2.75, 3.05) is 20.4 Å². The van der Waals surface area contributed by atoms with Crippen molar-refractivity contribution in [2.24, 2.45) is 0 Å². The molecule has 2 aliphatic carbocycles. The molecule has 0 saturated heterocycles. The number of hydrogen-bond donors (Lipinski definition) is 0. The van der Waals surface area contributed by atoms with E-state index in [-0.39, 0.29) is 7.92 Å². The van der Waals surface area contributed by atoms with Gasteiger partial charge in [-0.15, -0.1) is 0 Å². The molecule has 0 atom stereocenters. The molecule has 0 amide bonds. The summed E-state index contributed by atoms with van der Waals surface area (Å²) >= 11 is 0. The lowest BCUT2D eigenvalue weighted by molar-refractivity contribution is 0.450. The van der Waals surface area contributed by atoms with Gasteiger partial charge in [0.05, 0.1) is 0 Å². The minimum atomic E-state index is 0.289. The molecule has 0 aliphatic heterocycles. The van der Waals surface area contributed by atoms with Gasteiger partial charge >= 0.3 is 0 Å². The highest BCUT2D eigenvalue weighted by atomic mass is 31.1. The Kier molecular flexibility index (Phi) is 5.77. The van der Waals surface area contributed by atoms with Crippen LogP contribution < -0.4 is 0 Å². The van der Waals surface area contributed by atoms with Gasteiger partial charge in [0.25, 0.3) is 0 Å². The summed E-state index contributed by atoms with van der Waals surface area (Å²) in [6.45, 7) is 0. The fourth-order valence-electron chi connectivity index (χ4n) is 3.68. The Labute approximate surface area is 109 Å². The third-order valence-corrected chi connectivity index (χ3v) is 8.33. The van der Waals surface area contributed by atoms with E-state index in [1.165, 1.54) is 44.8 Å². The summed E-state index contributed by atoms with van der Waals surface area (Å²) in [7, 11) is 4.85. The number of rotatable bonds is 4. The van der Waals surface area contributed by atoms with E-state index in [0.717, 1.165) is 11.3 Å². The third-order valence-electron chi connectivity index (χ3n) is 4.53. The smallest absolute Gasteiger partial charge is 0.0182 e. The summed E-state index contributed by atoms with van der Waals surface area (Å²) < 4.78 is 0. The second-order valence-electron chi connectivity index (χ2n) is 6.32. The maximum absolute atomic E-state index is 2.47. The second-order valence-corrected chi connectivity index (χ2v) is 9.09. The first-order chi connectivity index (χ1) is 8.27. The summed E-state index contributed by atoms with van der Waals surface area (Å²) in [5.41, 5.74) is 2.23. The monoisotopic (exact) mass is 255 g/mol. The molecule has 0 radical (unpaired) electrons. The van der Waals surface area contributed by atoms with Crippen LogP contribution in [0.2, 0.25) is 0 Å². The molecule has 0 unspecified atom stereocenters. The minimum Gasteiger partial charge on any atom is -0.305 e. The lowest BCUT2D eigenvalue weighted by Gasteiger charge is -2.39. The second kappa shape index (κ2) is 7.10. The van der Waals surface area contributed by atoms with Crippen LogP contribution >= 0.6 is 7.92 Å². The molecule has 0 spiro atoms. The summed E-state index contributed by atoms with van der Waals surface area (Å²) in [5.74, 6) is 0. The molecule has 2 fully saturated rings. The quantitative estimate of drug-likeness (QED) is 0.661. The van der Waals surface area contributed by atoms with Crippen molar-refractivity contribution in [1.29, 1.82) is 0 Å². The first kappa shape index (κ1) is 13.8. The van der Waals surface area contributed by atoms with E-state index in [4.69, 9.17) is 0 Å². The first-order valence-corrected chi connectivity index (χ1v) is 9.34. The third kappa shape index (κ3) is 4.21. The fraction of sp³-hybridized carbons (Fsp3) is 1.00. The zero-order valence-corrected chi connectivity index (χ0v) is 12.7. The SMILES string of the molecule is CN(C)CP(C1CCCCC1)C1CCCCC1. The molecule has 0 N–H and O–H groups in total. The average Bonchev–Trinajstić information content (AvgIpc) is 2.38. The van der Waals surface area contributed by atoms with Gasteiger partial charge in [0.1, 0.15) is 0 Å². The molecule has 0 aromatic carbocycles. The van der Waals surface area contributed by atoms with Gasteiger partial charge in [-0.25, -0.2) is 0 Å². The summed E-state index contributed by atoms with van der Waals surface area (Å²) in [4.78, 5) is 2.47. The van der Waals surface area contributed by atoms with Crippen LogP contribution in [0.25, 0.3) is 0 Å². The summed E-state index contributed by atoms with van der Waals surface area (Å²) in [6.07, 6.45) is 16.7. The Morgan fingerprint density at radius 1 is 0.765 bits per heavy atom. The molecular weight excluding hydrogens is 225 g/mol. The van der Waals surface area contributed by atoms with E-state index in [1.807, 2.05) is 0 Å². The molecule has 2 saturated carbocycles. The largest absolute Gasteiger partial charge is 0.305 e. The van der Waals surface area contributed by atoms with Crippen molar-refractivity contribution in [3.05, 3.63) is 0 Å². The van der Waals surface area contributed by atoms with Crippen molar-refractivity contribution in [3.63, 3.8) is 0 Å². The lowest BCUT2D eigenvalue weighted by Crippen LogP contribution is -2.26. The van der Waals surface area contributed by atoms with Crippen LogP contribution in [0.3, 0.4) is 0 Å². The minimum absolute atomic E-state index is 0.289. The standard InChI is InChI=1S/C15H30NP/c1-16(2)13-17(14-9-5-3-6-10-14)15-11-7-4-8-12-15/h14-15H,3-13H2,1-2H3. The van der Waals surface area contributed by atoms with Crippen molar-refractivity contribution in [1.82, 2.24) is 4.90 Å². The molecular formula is C15H30NP. The van der Waals surface area contributed by atoms with Crippen LogP contribution in [0, 0.1) is 0 Å². The highest BCUT2D eigenvalue weighted by molar-refractivity contribution is 7.59. The summed E-state index contributed by atoms with van der Waals surface area (Å²) in [6, 6.07) is 0. The highest BCUT2D eigenvalue weighted by Gasteiger charge is 2.30. The molecule has 2 heteroatoms. The van der Waals surface area contributed by atoms with Crippen molar-refractivity contribution in [3.8, 4) is 0 Å². The van der Waals surface area contributed by atoms with Gasteiger partial charge in [-0.05, 0) is 51.1 Å². The van der Waals surface area contributed by atoms with E-state index in [2.05, 4.69) is 19.0 Å². The molecule has 0 aromatic rings. The Hall–Kier alpha value is 0.390. The Morgan fingerprint density at radius 3 is 1.53 bits per heavy atom. The molecule has 17 heavy (non-hydrogen) atoms. The summed E-state index contributed by atoms with van der Waals surface area (Å²) in [5, 5.41) is 0. The zero-order valence-electron chi connectivity index (χ0n) is 11.8. The van der Waals surface area contributed by atoms with Crippen LogP contribution in [-0.2, 0) is 0 Å². The average molecular weight is 255 g/mol. The number of hydrogen-bond acceptors (Lipinski definition) is 1. The lowest BCUT2D eigenvalue weighted by atomic mass is 9.99. The maximum atomic E-state index is 2.47. The van der Waals surface area contributed by atoms with Crippen molar-refractivity contribution < 1.29 is 0 Å². The van der Waals surface area contributed by atoms with Gasteiger partial charge in [-0.2, -0.15) is 0 Å². The van der Waals surface area contributed by atoms with Crippen LogP contribution in [0.15, 0.2) is 0 Å². The van der Waals surface area contributed by atoms with Crippen molar-refractivity contribution >= 4 is 7.92 Å². The van der Waals surface area contributed by atoms with Crippen LogP contribution in [0.1, 0.15) is 64.2 Å². The molecule has 0 aromatic heterocycles. The fourth-order valence-corrected chi connectivity index (χ4v) is 7.45. The predicted octanol–water partition coefficient (Wildman–Crippen LogP) is 4.65.